The summed E-state index contributed by atoms with van der Waals surface area (Å²) in [7, 11) is 0. The molecule has 3 rings (SSSR count). The molecule has 0 radical (unpaired) electrons. The van der Waals surface area contributed by atoms with Crippen molar-refractivity contribution in [3.63, 3.8) is 0 Å². The fourth-order valence-corrected chi connectivity index (χ4v) is 3.13. The van der Waals surface area contributed by atoms with Gasteiger partial charge in [-0.25, -0.2) is 0 Å². The highest BCUT2D eigenvalue weighted by Crippen LogP contribution is 2.37. The van der Waals surface area contributed by atoms with Crippen molar-refractivity contribution in [3.8, 4) is 11.5 Å². The summed E-state index contributed by atoms with van der Waals surface area (Å²) in [6.07, 6.45) is 0. The maximum absolute atomic E-state index is 5.42. The Kier molecular flexibility index (Phi) is 4.52. The molecule has 0 saturated heterocycles. The second kappa shape index (κ2) is 6.38. The van der Waals surface area contributed by atoms with Crippen molar-refractivity contribution in [2.24, 2.45) is 0 Å². The third-order valence-corrected chi connectivity index (χ3v) is 4.72. The Morgan fingerprint density at radius 2 is 1.90 bits per heavy atom. The number of halogens is 2. The molecule has 1 N–H and O–H groups in total. The molecule has 1 aliphatic heterocycles. The fraction of sp³-hybridized carbons (Fsp3) is 0.250. The average molecular weight is 413 g/mol. The van der Waals surface area contributed by atoms with Gasteiger partial charge < -0.3 is 14.8 Å². The summed E-state index contributed by atoms with van der Waals surface area (Å²) in [5.74, 6) is 1.61. The summed E-state index contributed by atoms with van der Waals surface area (Å²) in [5.41, 5.74) is 2.40. The van der Waals surface area contributed by atoms with Crippen LogP contribution in [0.4, 0.5) is 0 Å². The van der Waals surface area contributed by atoms with E-state index in [1.807, 2.05) is 24.3 Å². The van der Waals surface area contributed by atoms with Crippen molar-refractivity contribution in [3.05, 3.63) is 56.5 Å². The Labute approximate surface area is 140 Å². The van der Waals surface area contributed by atoms with Gasteiger partial charge in [0.2, 0.25) is 6.79 Å². The lowest BCUT2D eigenvalue weighted by Crippen LogP contribution is -2.18. The van der Waals surface area contributed by atoms with E-state index in [0.717, 1.165) is 32.6 Å². The summed E-state index contributed by atoms with van der Waals surface area (Å²) in [4.78, 5) is 0. The number of hydrogen-bond acceptors (Lipinski definition) is 3. The van der Waals surface area contributed by atoms with Crippen LogP contribution in [-0.2, 0) is 6.54 Å². The number of nitrogens with one attached hydrogen (secondary N) is 1. The van der Waals surface area contributed by atoms with Gasteiger partial charge in [0.25, 0.3) is 0 Å². The average Bonchev–Trinajstić information content (AvgIpc) is 2.91. The first kappa shape index (κ1) is 14.9. The van der Waals surface area contributed by atoms with E-state index in [1.54, 1.807) is 0 Å². The minimum absolute atomic E-state index is 0.264. The predicted molar refractivity (Wildman–Crippen MR) is 89.7 cm³/mol. The molecule has 0 aromatic heterocycles. The number of fused-ring (bicyclic) bond motifs is 1. The number of hydrogen-bond donors (Lipinski definition) is 1. The van der Waals surface area contributed by atoms with E-state index in [0.29, 0.717) is 6.79 Å². The molecule has 0 spiro atoms. The number of rotatable bonds is 4. The van der Waals surface area contributed by atoms with E-state index in [4.69, 9.17) is 9.47 Å². The van der Waals surface area contributed by atoms with E-state index in [9.17, 15) is 0 Å². The molecule has 1 unspecified atom stereocenters. The Hall–Kier alpha value is -1.04. The Bertz CT molecular complexity index is 661. The number of ether oxygens (including phenoxy) is 2. The smallest absolute Gasteiger partial charge is 0.231 e. The van der Waals surface area contributed by atoms with Crippen LogP contribution in [0.25, 0.3) is 0 Å². The zero-order valence-electron chi connectivity index (χ0n) is 11.5. The van der Waals surface area contributed by atoms with Crippen LogP contribution >= 0.6 is 31.9 Å². The largest absolute Gasteiger partial charge is 0.454 e. The highest BCUT2D eigenvalue weighted by atomic mass is 79.9. The van der Waals surface area contributed by atoms with Crippen molar-refractivity contribution >= 4 is 31.9 Å². The molecule has 2 aromatic carbocycles. The number of benzene rings is 2. The van der Waals surface area contributed by atoms with Gasteiger partial charge in [0.15, 0.2) is 11.5 Å². The van der Waals surface area contributed by atoms with Gasteiger partial charge in [-0.05, 0) is 42.3 Å². The lowest BCUT2D eigenvalue weighted by atomic mass is 10.1. The molecule has 110 valence electrons. The molecule has 0 bridgehead atoms. The molecule has 21 heavy (non-hydrogen) atoms. The first-order chi connectivity index (χ1) is 10.1. The van der Waals surface area contributed by atoms with Crippen LogP contribution in [-0.4, -0.2) is 6.79 Å². The molecule has 1 atom stereocenters. The van der Waals surface area contributed by atoms with Crippen molar-refractivity contribution in [2.75, 3.05) is 6.79 Å². The van der Waals surface area contributed by atoms with E-state index in [1.165, 1.54) is 5.56 Å². The van der Waals surface area contributed by atoms with Crippen molar-refractivity contribution in [1.82, 2.24) is 5.32 Å². The summed E-state index contributed by atoms with van der Waals surface area (Å²) >= 11 is 7.09. The zero-order chi connectivity index (χ0) is 14.8. The maximum Gasteiger partial charge on any atom is 0.231 e. The Morgan fingerprint density at radius 3 is 2.67 bits per heavy atom. The van der Waals surface area contributed by atoms with E-state index in [2.05, 4.69) is 56.2 Å². The van der Waals surface area contributed by atoms with Crippen molar-refractivity contribution < 1.29 is 9.47 Å². The van der Waals surface area contributed by atoms with Gasteiger partial charge in [0.1, 0.15) is 0 Å². The van der Waals surface area contributed by atoms with E-state index in [-0.39, 0.29) is 6.04 Å². The maximum atomic E-state index is 5.42. The lowest BCUT2D eigenvalue weighted by Gasteiger charge is -2.15. The molecule has 3 nitrogen and oxygen atoms in total. The minimum Gasteiger partial charge on any atom is -0.454 e. The topological polar surface area (TPSA) is 30.5 Å². The van der Waals surface area contributed by atoms with Crippen LogP contribution in [0.1, 0.15) is 24.1 Å². The summed E-state index contributed by atoms with van der Waals surface area (Å²) in [6, 6.07) is 12.6. The summed E-state index contributed by atoms with van der Waals surface area (Å²) in [5, 5.41) is 3.53. The molecule has 5 heteroatoms. The summed E-state index contributed by atoms with van der Waals surface area (Å²) < 4.78 is 12.9. The molecule has 0 saturated carbocycles. The van der Waals surface area contributed by atoms with Gasteiger partial charge in [-0.2, -0.15) is 0 Å². The highest BCUT2D eigenvalue weighted by molar-refractivity contribution is 9.10. The monoisotopic (exact) mass is 411 g/mol. The third-order valence-electron chi connectivity index (χ3n) is 3.49. The van der Waals surface area contributed by atoms with Crippen LogP contribution in [0.5, 0.6) is 11.5 Å². The fourth-order valence-electron chi connectivity index (χ4n) is 2.25. The van der Waals surface area contributed by atoms with Gasteiger partial charge in [-0.15, -0.1) is 0 Å². The summed E-state index contributed by atoms with van der Waals surface area (Å²) in [6.45, 7) is 3.21. The molecule has 1 aliphatic rings. The van der Waals surface area contributed by atoms with Crippen LogP contribution in [0.15, 0.2) is 45.3 Å². The van der Waals surface area contributed by atoms with Crippen molar-refractivity contribution in [1.29, 1.82) is 0 Å². The molecule has 0 fully saturated rings. The second-order valence-electron chi connectivity index (χ2n) is 4.95. The second-order valence-corrected chi connectivity index (χ2v) is 6.72. The first-order valence-corrected chi connectivity index (χ1v) is 8.29. The molecular weight excluding hydrogens is 398 g/mol. The van der Waals surface area contributed by atoms with Crippen molar-refractivity contribution in [2.45, 2.75) is 19.5 Å². The molecule has 0 aliphatic carbocycles. The van der Waals surface area contributed by atoms with Crippen LogP contribution in [0, 0.1) is 0 Å². The lowest BCUT2D eigenvalue weighted by molar-refractivity contribution is 0.174. The quantitative estimate of drug-likeness (QED) is 0.782. The normalized spacial score (nSPS) is 14.2. The van der Waals surface area contributed by atoms with Gasteiger partial charge in [-0.1, -0.05) is 44.0 Å². The third kappa shape index (κ3) is 3.42. The van der Waals surface area contributed by atoms with E-state index < -0.39 is 0 Å². The van der Waals surface area contributed by atoms with E-state index >= 15 is 0 Å². The van der Waals surface area contributed by atoms with Gasteiger partial charge in [-0.3, -0.25) is 0 Å². The van der Waals surface area contributed by atoms with Gasteiger partial charge >= 0.3 is 0 Å². The SMILES string of the molecule is CC(NCc1cc2c(cc1Br)OCO2)c1cccc(Br)c1. The molecule has 0 amide bonds. The molecular formula is C16H15Br2NO2. The molecule has 1 heterocycles. The van der Waals surface area contributed by atoms with Gasteiger partial charge in [0.05, 0.1) is 0 Å². The minimum atomic E-state index is 0.264. The van der Waals surface area contributed by atoms with Crippen LogP contribution < -0.4 is 14.8 Å². The predicted octanol–water partition coefficient (Wildman–Crippen LogP) is 4.79. The first-order valence-electron chi connectivity index (χ1n) is 6.70. The highest BCUT2D eigenvalue weighted by Gasteiger charge is 2.16. The van der Waals surface area contributed by atoms with Gasteiger partial charge in [0, 0.05) is 21.5 Å². The van der Waals surface area contributed by atoms with Crippen LogP contribution in [0.2, 0.25) is 0 Å². The Balaban J connectivity index is 1.70. The molecule has 2 aromatic rings. The zero-order valence-corrected chi connectivity index (χ0v) is 14.7. The Morgan fingerprint density at radius 1 is 1.14 bits per heavy atom. The standard InChI is InChI=1S/C16H15Br2NO2/c1-10(11-3-2-4-13(17)5-11)19-8-12-6-15-16(7-14(12)18)21-9-20-15/h2-7,10,19H,8-9H2,1H3. The van der Waals surface area contributed by atoms with Crippen LogP contribution in [0.3, 0.4) is 0 Å².